The van der Waals surface area contributed by atoms with Gasteiger partial charge in [0.05, 0.1) is 12.0 Å². The normalized spacial score (nSPS) is 24.1. The highest BCUT2D eigenvalue weighted by Gasteiger charge is 2.51. The van der Waals surface area contributed by atoms with E-state index in [0.717, 1.165) is 6.42 Å². The van der Waals surface area contributed by atoms with Crippen molar-refractivity contribution in [2.24, 2.45) is 17.3 Å². The average Bonchev–Trinajstić information content (AvgIpc) is 2.82. The van der Waals surface area contributed by atoms with Crippen LogP contribution in [0.15, 0.2) is 0 Å². The Balaban J connectivity index is 2.53. The molecule has 0 aromatic carbocycles. The van der Waals surface area contributed by atoms with E-state index < -0.39 is 0 Å². The van der Waals surface area contributed by atoms with E-state index in [1.165, 1.54) is 0 Å². The van der Waals surface area contributed by atoms with Crippen molar-refractivity contribution < 1.29 is 4.79 Å². The summed E-state index contributed by atoms with van der Waals surface area (Å²) in [7, 11) is 0. The van der Waals surface area contributed by atoms with E-state index in [0.29, 0.717) is 13.1 Å². The fourth-order valence-corrected chi connectivity index (χ4v) is 1.86. The maximum Gasteiger partial charge on any atom is 0.226 e. The van der Waals surface area contributed by atoms with Gasteiger partial charge in [-0.1, -0.05) is 13.8 Å². The van der Waals surface area contributed by atoms with Gasteiger partial charge in [-0.2, -0.15) is 5.26 Å². The second-order valence-corrected chi connectivity index (χ2v) is 5.15. The summed E-state index contributed by atoms with van der Waals surface area (Å²) < 4.78 is 0. The SMILES string of the molecule is CCN(CC(C)C#N)C(=O)C1CC1(C)C. The van der Waals surface area contributed by atoms with Gasteiger partial charge in [0.1, 0.15) is 0 Å². The third-order valence-corrected chi connectivity index (χ3v) is 3.22. The Bertz CT molecular complexity index is 290. The number of hydrogen-bond acceptors (Lipinski definition) is 2. The first-order chi connectivity index (χ1) is 6.92. The standard InChI is InChI=1S/C12H20N2O/c1-5-14(8-9(2)7-13)11(15)10-6-12(10,3)4/h9-10H,5-6,8H2,1-4H3. The van der Waals surface area contributed by atoms with Gasteiger partial charge in [0, 0.05) is 19.0 Å². The molecule has 0 radical (unpaired) electrons. The van der Waals surface area contributed by atoms with Gasteiger partial charge >= 0.3 is 0 Å². The molecule has 1 aliphatic rings. The maximum absolute atomic E-state index is 12.0. The van der Waals surface area contributed by atoms with Crippen LogP contribution in [0.2, 0.25) is 0 Å². The Morgan fingerprint density at radius 3 is 2.53 bits per heavy atom. The van der Waals surface area contributed by atoms with Crippen LogP contribution in [0.1, 0.15) is 34.1 Å². The molecule has 0 saturated heterocycles. The van der Waals surface area contributed by atoms with Gasteiger partial charge in [-0.05, 0) is 25.7 Å². The van der Waals surface area contributed by atoms with E-state index in [4.69, 9.17) is 5.26 Å². The van der Waals surface area contributed by atoms with Crippen LogP contribution >= 0.6 is 0 Å². The van der Waals surface area contributed by atoms with Gasteiger partial charge in [0.25, 0.3) is 0 Å². The number of nitriles is 1. The third kappa shape index (κ3) is 2.71. The Morgan fingerprint density at radius 1 is 1.67 bits per heavy atom. The summed E-state index contributed by atoms with van der Waals surface area (Å²) in [6.45, 7) is 9.34. The Morgan fingerprint density at radius 2 is 2.20 bits per heavy atom. The fraction of sp³-hybridized carbons (Fsp3) is 0.833. The zero-order chi connectivity index (χ0) is 11.6. The van der Waals surface area contributed by atoms with Gasteiger partial charge < -0.3 is 4.90 Å². The minimum absolute atomic E-state index is 0.0734. The highest BCUT2D eigenvalue weighted by Crippen LogP contribution is 2.52. The molecule has 1 aliphatic carbocycles. The van der Waals surface area contributed by atoms with Gasteiger partial charge in [-0.15, -0.1) is 0 Å². The molecule has 1 amide bonds. The van der Waals surface area contributed by atoms with Crippen LogP contribution in [0.25, 0.3) is 0 Å². The molecule has 3 nitrogen and oxygen atoms in total. The third-order valence-electron chi connectivity index (χ3n) is 3.22. The minimum atomic E-state index is -0.0734. The molecule has 3 heteroatoms. The molecule has 0 N–H and O–H groups in total. The van der Waals surface area contributed by atoms with E-state index in [9.17, 15) is 4.79 Å². The second kappa shape index (κ2) is 4.22. The van der Waals surface area contributed by atoms with Crippen LogP contribution in [-0.2, 0) is 4.79 Å². The largest absolute Gasteiger partial charge is 0.341 e. The highest BCUT2D eigenvalue weighted by atomic mass is 16.2. The van der Waals surface area contributed by atoms with Crippen molar-refractivity contribution in [1.29, 1.82) is 5.26 Å². The Labute approximate surface area is 92.1 Å². The molecule has 15 heavy (non-hydrogen) atoms. The van der Waals surface area contributed by atoms with E-state index in [2.05, 4.69) is 19.9 Å². The molecule has 1 saturated carbocycles. The van der Waals surface area contributed by atoms with Gasteiger partial charge in [-0.25, -0.2) is 0 Å². The first kappa shape index (κ1) is 12.0. The quantitative estimate of drug-likeness (QED) is 0.709. The molecule has 1 fully saturated rings. The molecule has 2 atom stereocenters. The molecule has 0 bridgehead atoms. The first-order valence-corrected chi connectivity index (χ1v) is 5.60. The van der Waals surface area contributed by atoms with Crippen molar-refractivity contribution in [2.45, 2.75) is 34.1 Å². The minimum Gasteiger partial charge on any atom is -0.341 e. The van der Waals surface area contributed by atoms with Crippen molar-refractivity contribution >= 4 is 5.91 Å². The molecule has 0 aromatic heterocycles. The molecule has 0 aromatic rings. The number of amides is 1. The fourth-order valence-electron chi connectivity index (χ4n) is 1.86. The van der Waals surface area contributed by atoms with Crippen LogP contribution in [0.4, 0.5) is 0 Å². The molecule has 0 aliphatic heterocycles. The lowest BCUT2D eigenvalue weighted by Crippen LogP contribution is -2.36. The van der Waals surface area contributed by atoms with Crippen LogP contribution in [0, 0.1) is 28.6 Å². The van der Waals surface area contributed by atoms with E-state index in [1.54, 1.807) is 0 Å². The van der Waals surface area contributed by atoms with Gasteiger partial charge in [0.15, 0.2) is 0 Å². The van der Waals surface area contributed by atoms with E-state index in [-0.39, 0.29) is 23.2 Å². The predicted octanol–water partition coefficient (Wildman–Crippen LogP) is 2.04. The zero-order valence-electron chi connectivity index (χ0n) is 10.1. The monoisotopic (exact) mass is 208 g/mol. The van der Waals surface area contributed by atoms with Crippen molar-refractivity contribution in [3.8, 4) is 6.07 Å². The highest BCUT2D eigenvalue weighted by molar-refractivity contribution is 5.82. The van der Waals surface area contributed by atoms with Crippen LogP contribution in [0.3, 0.4) is 0 Å². The van der Waals surface area contributed by atoms with Crippen LogP contribution < -0.4 is 0 Å². The lowest BCUT2D eigenvalue weighted by Gasteiger charge is -2.22. The van der Waals surface area contributed by atoms with E-state index in [1.807, 2.05) is 18.7 Å². The number of nitrogens with zero attached hydrogens (tertiary/aromatic N) is 2. The number of carbonyl (C=O) groups is 1. The lowest BCUT2D eigenvalue weighted by molar-refractivity contribution is -0.133. The zero-order valence-corrected chi connectivity index (χ0v) is 10.1. The number of carbonyl (C=O) groups excluding carboxylic acids is 1. The summed E-state index contributed by atoms with van der Waals surface area (Å²) >= 11 is 0. The smallest absolute Gasteiger partial charge is 0.226 e. The lowest BCUT2D eigenvalue weighted by atomic mass is 10.1. The molecule has 1 rings (SSSR count). The molecule has 2 unspecified atom stereocenters. The summed E-state index contributed by atoms with van der Waals surface area (Å²) in [6, 6.07) is 2.17. The maximum atomic E-state index is 12.0. The molecule has 0 spiro atoms. The van der Waals surface area contributed by atoms with Crippen LogP contribution in [-0.4, -0.2) is 23.9 Å². The Hall–Kier alpha value is -1.04. The molecule has 0 heterocycles. The number of rotatable bonds is 4. The summed E-state index contributed by atoms with van der Waals surface area (Å²) in [5, 5.41) is 8.73. The summed E-state index contributed by atoms with van der Waals surface area (Å²) in [5.41, 5.74) is 0.181. The summed E-state index contributed by atoms with van der Waals surface area (Å²) in [4.78, 5) is 13.8. The predicted molar refractivity (Wildman–Crippen MR) is 58.9 cm³/mol. The first-order valence-electron chi connectivity index (χ1n) is 5.60. The van der Waals surface area contributed by atoms with Crippen molar-refractivity contribution in [2.75, 3.05) is 13.1 Å². The summed E-state index contributed by atoms with van der Waals surface area (Å²) in [5.74, 6) is 0.337. The second-order valence-electron chi connectivity index (χ2n) is 5.15. The van der Waals surface area contributed by atoms with Crippen molar-refractivity contribution in [3.05, 3.63) is 0 Å². The van der Waals surface area contributed by atoms with Gasteiger partial charge in [0.2, 0.25) is 5.91 Å². The molecular formula is C12H20N2O. The Kier molecular flexibility index (Phi) is 3.38. The number of hydrogen-bond donors (Lipinski definition) is 0. The van der Waals surface area contributed by atoms with E-state index >= 15 is 0 Å². The molecular weight excluding hydrogens is 188 g/mol. The van der Waals surface area contributed by atoms with Crippen LogP contribution in [0.5, 0.6) is 0 Å². The topological polar surface area (TPSA) is 44.1 Å². The average molecular weight is 208 g/mol. The van der Waals surface area contributed by atoms with Gasteiger partial charge in [-0.3, -0.25) is 4.79 Å². The molecule has 84 valence electrons. The summed E-state index contributed by atoms with van der Waals surface area (Å²) in [6.07, 6.45) is 0.989. The van der Waals surface area contributed by atoms with Crippen molar-refractivity contribution in [1.82, 2.24) is 4.90 Å². The van der Waals surface area contributed by atoms with Crippen molar-refractivity contribution in [3.63, 3.8) is 0 Å².